The maximum Gasteiger partial charge on any atom is 0.416 e. The van der Waals surface area contributed by atoms with Gasteiger partial charge in [0.2, 0.25) is 0 Å². The summed E-state index contributed by atoms with van der Waals surface area (Å²) in [5.74, 6) is -0.760. The number of carbonyl (C=O) groups excluding carboxylic acids is 2. The van der Waals surface area contributed by atoms with Crippen molar-refractivity contribution in [2.24, 2.45) is 0 Å². The zero-order valence-electron chi connectivity index (χ0n) is 17.9. The average Bonchev–Trinajstić information content (AvgIpc) is 2.74. The summed E-state index contributed by atoms with van der Waals surface area (Å²) < 4.78 is 37.7. The molecule has 0 unspecified atom stereocenters. The van der Waals surface area contributed by atoms with E-state index in [0.717, 1.165) is 42.9 Å². The van der Waals surface area contributed by atoms with Crippen molar-refractivity contribution in [3.63, 3.8) is 0 Å². The molecular weight excluding hydrogens is 407 g/mol. The highest BCUT2D eigenvalue weighted by Crippen LogP contribution is 2.29. The number of benzene rings is 2. The molecule has 0 aromatic heterocycles. The van der Waals surface area contributed by atoms with Crippen molar-refractivity contribution in [1.29, 1.82) is 0 Å². The number of nitrogens with one attached hydrogen (secondary N) is 2. The van der Waals surface area contributed by atoms with Crippen LogP contribution >= 0.6 is 0 Å². The summed E-state index contributed by atoms with van der Waals surface area (Å²) in [4.78, 5) is 26.6. The summed E-state index contributed by atoms with van der Waals surface area (Å²) in [6, 6.07) is 11.8. The van der Waals surface area contributed by atoms with Crippen LogP contribution in [0, 0.1) is 0 Å². The van der Waals surface area contributed by atoms with Crippen molar-refractivity contribution in [1.82, 2.24) is 15.5 Å². The van der Waals surface area contributed by atoms with E-state index in [9.17, 15) is 22.8 Å². The second-order valence-corrected chi connectivity index (χ2v) is 7.44. The SMILES string of the molecule is CCN(Cc1ccc(C(=O)NCCNC(=O)c2ccc(C(F)(F)F)cc2)cc1)C(C)C. The number of amides is 2. The number of hydrogen-bond donors (Lipinski definition) is 2. The van der Waals surface area contributed by atoms with Gasteiger partial charge in [0.25, 0.3) is 11.8 Å². The van der Waals surface area contributed by atoms with Gasteiger partial charge in [-0.05, 0) is 62.4 Å². The van der Waals surface area contributed by atoms with Crippen LogP contribution in [0.3, 0.4) is 0 Å². The van der Waals surface area contributed by atoms with Crippen LogP contribution in [0.2, 0.25) is 0 Å². The molecule has 0 heterocycles. The van der Waals surface area contributed by atoms with Gasteiger partial charge in [-0.25, -0.2) is 0 Å². The highest BCUT2D eigenvalue weighted by molar-refractivity contribution is 5.95. The molecule has 0 aliphatic carbocycles. The summed E-state index contributed by atoms with van der Waals surface area (Å²) >= 11 is 0. The first kappa shape index (κ1) is 24.4. The van der Waals surface area contributed by atoms with Crippen molar-refractivity contribution < 1.29 is 22.8 Å². The molecule has 0 aliphatic rings. The van der Waals surface area contributed by atoms with Gasteiger partial charge in [0.15, 0.2) is 0 Å². The Labute approximate surface area is 180 Å². The Morgan fingerprint density at radius 2 is 1.32 bits per heavy atom. The van der Waals surface area contributed by atoms with Gasteiger partial charge in [0, 0.05) is 36.8 Å². The summed E-state index contributed by atoms with van der Waals surface area (Å²) in [5.41, 5.74) is 0.952. The number of carbonyl (C=O) groups is 2. The molecular formula is C23H28F3N3O2. The summed E-state index contributed by atoms with van der Waals surface area (Å²) in [5, 5.41) is 5.28. The molecule has 0 spiro atoms. The minimum atomic E-state index is -4.44. The molecule has 5 nitrogen and oxygen atoms in total. The Morgan fingerprint density at radius 3 is 1.71 bits per heavy atom. The fourth-order valence-corrected chi connectivity index (χ4v) is 3.02. The van der Waals surface area contributed by atoms with Crippen molar-refractivity contribution in [3.8, 4) is 0 Å². The molecule has 168 valence electrons. The van der Waals surface area contributed by atoms with E-state index in [-0.39, 0.29) is 24.6 Å². The maximum atomic E-state index is 12.6. The third kappa shape index (κ3) is 7.40. The van der Waals surface area contributed by atoms with Crippen molar-refractivity contribution in [3.05, 3.63) is 70.8 Å². The Balaban J connectivity index is 1.78. The first-order chi connectivity index (χ1) is 14.6. The Kier molecular flexibility index (Phi) is 8.62. The van der Waals surface area contributed by atoms with Crippen LogP contribution in [0.25, 0.3) is 0 Å². The van der Waals surface area contributed by atoms with Crippen LogP contribution < -0.4 is 10.6 Å². The van der Waals surface area contributed by atoms with Gasteiger partial charge in [0.05, 0.1) is 5.56 Å². The van der Waals surface area contributed by atoms with Crippen LogP contribution in [0.4, 0.5) is 13.2 Å². The molecule has 31 heavy (non-hydrogen) atoms. The lowest BCUT2D eigenvalue weighted by Crippen LogP contribution is -2.34. The molecule has 8 heteroatoms. The summed E-state index contributed by atoms with van der Waals surface area (Å²) in [6.45, 7) is 8.50. The van der Waals surface area contributed by atoms with E-state index in [2.05, 4.69) is 36.3 Å². The normalized spacial score (nSPS) is 11.6. The van der Waals surface area contributed by atoms with Gasteiger partial charge in [-0.2, -0.15) is 13.2 Å². The highest BCUT2D eigenvalue weighted by atomic mass is 19.4. The largest absolute Gasteiger partial charge is 0.416 e. The van der Waals surface area contributed by atoms with E-state index in [1.165, 1.54) is 0 Å². The number of hydrogen-bond acceptors (Lipinski definition) is 3. The molecule has 2 amide bonds. The average molecular weight is 435 g/mol. The molecule has 0 bridgehead atoms. The molecule has 0 fully saturated rings. The first-order valence-corrected chi connectivity index (χ1v) is 10.2. The number of nitrogens with zero attached hydrogens (tertiary/aromatic N) is 1. The van der Waals surface area contributed by atoms with Crippen LogP contribution in [-0.4, -0.2) is 42.4 Å². The fourth-order valence-electron chi connectivity index (χ4n) is 3.02. The third-order valence-corrected chi connectivity index (χ3v) is 4.91. The summed E-state index contributed by atoms with van der Waals surface area (Å²) in [6.07, 6.45) is -4.44. The Bertz CT molecular complexity index is 863. The number of rotatable bonds is 9. The minimum Gasteiger partial charge on any atom is -0.350 e. The smallest absolute Gasteiger partial charge is 0.350 e. The molecule has 0 aliphatic heterocycles. The van der Waals surface area contributed by atoms with E-state index in [1.54, 1.807) is 12.1 Å². The molecule has 2 rings (SSSR count). The Hall–Kier alpha value is -2.87. The van der Waals surface area contributed by atoms with Crippen LogP contribution in [0.1, 0.15) is 52.6 Å². The van der Waals surface area contributed by atoms with Crippen LogP contribution in [-0.2, 0) is 12.7 Å². The number of alkyl halides is 3. The van der Waals surface area contributed by atoms with Crippen LogP contribution in [0.5, 0.6) is 0 Å². The molecule has 0 saturated heterocycles. The van der Waals surface area contributed by atoms with Gasteiger partial charge in [-0.3, -0.25) is 14.5 Å². The van der Waals surface area contributed by atoms with Crippen molar-refractivity contribution >= 4 is 11.8 Å². The van der Waals surface area contributed by atoms with Crippen molar-refractivity contribution in [2.45, 2.75) is 39.5 Å². The number of halogens is 3. The van der Waals surface area contributed by atoms with Crippen LogP contribution in [0.15, 0.2) is 48.5 Å². The monoisotopic (exact) mass is 435 g/mol. The predicted octanol–water partition coefficient (Wildman–Crippen LogP) is 4.10. The lowest BCUT2D eigenvalue weighted by Gasteiger charge is -2.24. The molecule has 0 radical (unpaired) electrons. The molecule has 2 N–H and O–H groups in total. The van der Waals surface area contributed by atoms with Gasteiger partial charge >= 0.3 is 6.18 Å². The predicted molar refractivity (Wildman–Crippen MR) is 114 cm³/mol. The third-order valence-electron chi connectivity index (χ3n) is 4.91. The molecule has 2 aromatic carbocycles. The van der Waals surface area contributed by atoms with Gasteiger partial charge in [-0.1, -0.05) is 19.1 Å². The topological polar surface area (TPSA) is 61.4 Å². The standard InChI is InChI=1S/C23H28F3N3O2/c1-4-29(16(2)3)15-17-5-7-18(8-6-17)21(30)27-13-14-28-22(31)19-9-11-20(12-10-19)23(24,25)26/h5-12,16H,4,13-15H2,1-3H3,(H,27,30)(H,28,31). The zero-order valence-corrected chi connectivity index (χ0v) is 17.9. The maximum absolute atomic E-state index is 12.6. The van der Waals surface area contributed by atoms with E-state index in [4.69, 9.17) is 0 Å². The second kappa shape index (κ2) is 10.9. The zero-order chi connectivity index (χ0) is 23.0. The molecule has 2 aromatic rings. The van der Waals surface area contributed by atoms with Gasteiger partial charge < -0.3 is 10.6 Å². The lowest BCUT2D eigenvalue weighted by molar-refractivity contribution is -0.137. The second-order valence-electron chi connectivity index (χ2n) is 7.44. The first-order valence-electron chi connectivity index (χ1n) is 10.2. The van der Waals surface area contributed by atoms with E-state index >= 15 is 0 Å². The molecule has 0 atom stereocenters. The fraction of sp³-hybridized carbons (Fsp3) is 0.391. The quantitative estimate of drug-likeness (QED) is 0.583. The molecule has 0 saturated carbocycles. The van der Waals surface area contributed by atoms with E-state index < -0.39 is 17.6 Å². The Morgan fingerprint density at radius 1 is 0.871 bits per heavy atom. The van der Waals surface area contributed by atoms with Crippen molar-refractivity contribution in [2.75, 3.05) is 19.6 Å². The highest BCUT2D eigenvalue weighted by Gasteiger charge is 2.30. The lowest BCUT2D eigenvalue weighted by atomic mass is 10.1. The van der Waals surface area contributed by atoms with Gasteiger partial charge in [-0.15, -0.1) is 0 Å². The van der Waals surface area contributed by atoms with Gasteiger partial charge in [0.1, 0.15) is 0 Å². The van der Waals surface area contributed by atoms with E-state index in [1.807, 2.05) is 12.1 Å². The van der Waals surface area contributed by atoms with E-state index in [0.29, 0.717) is 11.6 Å². The summed E-state index contributed by atoms with van der Waals surface area (Å²) in [7, 11) is 0. The minimum absolute atomic E-state index is 0.123.